The van der Waals surface area contributed by atoms with Gasteiger partial charge in [-0.25, -0.2) is 14.4 Å². The molecule has 7 nitrogen and oxygen atoms in total. The summed E-state index contributed by atoms with van der Waals surface area (Å²) < 4.78 is 25.7. The highest BCUT2D eigenvalue weighted by molar-refractivity contribution is 7.59. The summed E-state index contributed by atoms with van der Waals surface area (Å²) in [4.78, 5) is 13.5. The van der Waals surface area contributed by atoms with Crippen LogP contribution in [0.3, 0.4) is 0 Å². The zero-order valence-corrected chi connectivity index (χ0v) is 18.0. The topological polar surface area (TPSA) is 81.2 Å². The van der Waals surface area contributed by atoms with E-state index in [1.165, 1.54) is 6.07 Å². The molecule has 3 aromatic rings. The summed E-state index contributed by atoms with van der Waals surface area (Å²) in [6, 6.07) is 6.66. The predicted molar refractivity (Wildman–Crippen MR) is 120 cm³/mol. The van der Waals surface area contributed by atoms with Crippen LogP contribution in [0.15, 0.2) is 36.7 Å². The standard InChI is InChI=1S/C21H24FN5O2.H2S/c1-13(2)29-19-4-3-14(9-16(19)22)17-10-18-20(25-6-5-24-18)21(27-17)26-12-15-11-23-7-8-28-15;/h3-6,9-10,13,15,23H,7-8,11-12H2,1-2H3,(H,26,27);1H2/t15-;/m0./s1. The van der Waals surface area contributed by atoms with Gasteiger partial charge >= 0.3 is 0 Å². The van der Waals surface area contributed by atoms with Gasteiger partial charge in [0.1, 0.15) is 5.52 Å². The number of nitrogens with one attached hydrogen (secondary N) is 2. The van der Waals surface area contributed by atoms with Crippen molar-refractivity contribution in [1.82, 2.24) is 20.3 Å². The molecule has 0 spiro atoms. The highest BCUT2D eigenvalue weighted by Gasteiger charge is 2.16. The molecule has 1 aromatic carbocycles. The molecule has 0 aliphatic carbocycles. The van der Waals surface area contributed by atoms with Crippen molar-refractivity contribution in [2.24, 2.45) is 0 Å². The number of hydrogen-bond donors (Lipinski definition) is 2. The Labute approximate surface area is 181 Å². The Hall–Kier alpha value is -2.49. The first kappa shape index (κ1) is 22.2. The number of benzene rings is 1. The highest BCUT2D eigenvalue weighted by Crippen LogP contribution is 2.29. The number of pyridine rings is 1. The van der Waals surface area contributed by atoms with Gasteiger partial charge in [-0.15, -0.1) is 0 Å². The van der Waals surface area contributed by atoms with E-state index in [2.05, 4.69) is 20.6 Å². The van der Waals surface area contributed by atoms with Crippen LogP contribution in [-0.2, 0) is 4.74 Å². The highest BCUT2D eigenvalue weighted by atomic mass is 32.1. The Balaban J connectivity index is 0.00000256. The van der Waals surface area contributed by atoms with Crippen LogP contribution in [0.4, 0.5) is 10.2 Å². The van der Waals surface area contributed by atoms with Crippen LogP contribution < -0.4 is 15.4 Å². The van der Waals surface area contributed by atoms with E-state index in [0.29, 0.717) is 41.3 Å². The second-order valence-electron chi connectivity index (χ2n) is 7.17. The first-order valence-corrected chi connectivity index (χ1v) is 9.74. The molecule has 1 aliphatic rings. The molecule has 0 saturated carbocycles. The minimum atomic E-state index is -0.423. The summed E-state index contributed by atoms with van der Waals surface area (Å²) in [5, 5.41) is 6.63. The van der Waals surface area contributed by atoms with Crippen LogP contribution in [0, 0.1) is 5.82 Å². The largest absolute Gasteiger partial charge is 0.488 e. The van der Waals surface area contributed by atoms with Gasteiger partial charge in [0.2, 0.25) is 0 Å². The van der Waals surface area contributed by atoms with E-state index >= 15 is 0 Å². The zero-order chi connectivity index (χ0) is 20.2. The summed E-state index contributed by atoms with van der Waals surface area (Å²) in [6.07, 6.45) is 3.21. The van der Waals surface area contributed by atoms with E-state index in [4.69, 9.17) is 14.5 Å². The van der Waals surface area contributed by atoms with Crippen LogP contribution in [0.1, 0.15) is 13.8 Å². The molecule has 1 fully saturated rings. The summed E-state index contributed by atoms with van der Waals surface area (Å²) in [5.74, 6) is 0.403. The summed E-state index contributed by atoms with van der Waals surface area (Å²) in [6.45, 7) is 6.63. The van der Waals surface area contributed by atoms with Gasteiger partial charge in [-0.2, -0.15) is 13.5 Å². The lowest BCUT2D eigenvalue weighted by Crippen LogP contribution is -2.42. The average molecular weight is 432 g/mol. The molecule has 2 aromatic heterocycles. The Morgan fingerprint density at radius 1 is 1.27 bits per heavy atom. The number of anilines is 1. The van der Waals surface area contributed by atoms with E-state index in [0.717, 1.165) is 13.1 Å². The van der Waals surface area contributed by atoms with Crippen molar-refractivity contribution in [2.75, 3.05) is 31.6 Å². The molecular weight excluding hydrogens is 405 g/mol. The SMILES string of the molecule is CC(C)Oc1ccc(-c2cc3nccnc3c(NC[C@@H]3CNCCO3)n2)cc1F.S. The molecule has 0 unspecified atom stereocenters. The van der Waals surface area contributed by atoms with Gasteiger partial charge in [-0.3, -0.25) is 4.98 Å². The molecule has 30 heavy (non-hydrogen) atoms. The summed E-state index contributed by atoms with van der Waals surface area (Å²) in [7, 11) is 0. The van der Waals surface area contributed by atoms with Crippen molar-refractivity contribution in [3.63, 3.8) is 0 Å². The molecule has 1 aliphatic heterocycles. The number of ether oxygens (including phenoxy) is 2. The fourth-order valence-corrected chi connectivity index (χ4v) is 3.21. The normalized spacial score (nSPS) is 16.3. The molecule has 160 valence electrons. The molecule has 3 heterocycles. The van der Waals surface area contributed by atoms with Crippen LogP contribution in [0.2, 0.25) is 0 Å². The lowest BCUT2D eigenvalue weighted by Gasteiger charge is -2.24. The van der Waals surface area contributed by atoms with Crippen molar-refractivity contribution in [3.8, 4) is 17.0 Å². The molecule has 4 rings (SSSR count). The fraction of sp³-hybridized carbons (Fsp3) is 0.381. The van der Waals surface area contributed by atoms with Crippen LogP contribution in [0.5, 0.6) is 5.75 Å². The molecule has 9 heteroatoms. The smallest absolute Gasteiger partial charge is 0.165 e. The van der Waals surface area contributed by atoms with Crippen LogP contribution in [-0.4, -0.2) is 53.4 Å². The number of hydrogen-bond acceptors (Lipinski definition) is 7. The monoisotopic (exact) mass is 431 g/mol. The summed E-state index contributed by atoms with van der Waals surface area (Å²) >= 11 is 0. The van der Waals surface area contributed by atoms with Crippen molar-refractivity contribution in [1.29, 1.82) is 0 Å². The van der Waals surface area contributed by atoms with Crippen molar-refractivity contribution in [3.05, 3.63) is 42.5 Å². The Morgan fingerprint density at radius 3 is 2.83 bits per heavy atom. The second kappa shape index (κ2) is 10.0. The number of fused-ring (bicyclic) bond motifs is 1. The third-order valence-electron chi connectivity index (χ3n) is 4.55. The molecule has 1 saturated heterocycles. The van der Waals surface area contributed by atoms with Crippen molar-refractivity contribution in [2.45, 2.75) is 26.1 Å². The second-order valence-corrected chi connectivity index (χ2v) is 7.17. The van der Waals surface area contributed by atoms with E-state index in [1.54, 1.807) is 24.5 Å². The number of halogens is 1. The molecule has 0 amide bonds. The summed E-state index contributed by atoms with van der Waals surface area (Å²) in [5.41, 5.74) is 2.61. The average Bonchev–Trinajstić information content (AvgIpc) is 2.73. The first-order chi connectivity index (χ1) is 14.1. The fourth-order valence-electron chi connectivity index (χ4n) is 3.21. The number of rotatable bonds is 6. The zero-order valence-electron chi connectivity index (χ0n) is 17.0. The van der Waals surface area contributed by atoms with Gasteiger partial charge < -0.3 is 20.1 Å². The molecule has 2 N–H and O–H groups in total. The van der Waals surface area contributed by atoms with E-state index in [1.807, 2.05) is 19.9 Å². The Morgan fingerprint density at radius 2 is 2.10 bits per heavy atom. The minimum Gasteiger partial charge on any atom is -0.488 e. The van der Waals surface area contributed by atoms with Gasteiger partial charge in [0.25, 0.3) is 0 Å². The Bertz CT molecular complexity index is 998. The van der Waals surface area contributed by atoms with E-state index in [9.17, 15) is 4.39 Å². The number of morpholine rings is 1. The quantitative estimate of drug-likeness (QED) is 0.621. The lowest BCUT2D eigenvalue weighted by molar-refractivity contribution is 0.0372. The first-order valence-electron chi connectivity index (χ1n) is 9.74. The molecule has 0 radical (unpaired) electrons. The van der Waals surface area contributed by atoms with Gasteiger partial charge in [0.05, 0.1) is 30.0 Å². The van der Waals surface area contributed by atoms with Gasteiger partial charge in [-0.05, 0) is 38.1 Å². The number of nitrogens with zero attached hydrogens (tertiary/aromatic N) is 3. The van der Waals surface area contributed by atoms with Crippen molar-refractivity contribution < 1.29 is 13.9 Å². The molecule has 1 atom stereocenters. The van der Waals surface area contributed by atoms with Gasteiger partial charge in [0.15, 0.2) is 17.4 Å². The third kappa shape index (κ3) is 5.16. The maximum atomic E-state index is 14.5. The van der Waals surface area contributed by atoms with Crippen LogP contribution in [0.25, 0.3) is 22.3 Å². The molecule has 0 bridgehead atoms. The van der Waals surface area contributed by atoms with Crippen molar-refractivity contribution >= 4 is 30.3 Å². The van der Waals surface area contributed by atoms with Gasteiger partial charge in [-0.1, -0.05) is 0 Å². The predicted octanol–water partition coefficient (Wildman–Crippen LogP) is 3.13. The number of aromatic nitrogens is 3. The third-order valence-corrected chi connectivity index (χ3v) is 4.55. The minimum absolute atomic E-state index is 0. The molecular formula is C21H26FN5O2S. The lowest BCUT2D eigenvalue weighted by atomic mass is 10.1. The van der Waals surface area contributed by atoms with E-state index < -0.39 is 5.82 Å². The van der Waals surface area contributed by atoms with E-state index in [-0.39, 0.29) is 31.5 Å². The maximum Gasteiger partial charge on any atom is 0.165 e. The Kier molecular flexibility index (Phi) is 7.41. The van der Waals surface area contributed by atoms with Gasteiger partial charge in [0, 0.05) is 37.6 Å². The van der Waals surface area contributed by atoms with Crippen LogP contribution >= 0.6 is 13.5 Å². The maximum absolute atomic E-state index is 14.5.